The molecule has 1 saturated carbocycles. The van der Waals surface area contributed by atoms with Gasteiger partial charge in [-0.15, -0.1) is 0 Å². The largest absolute Gasteiger partial charge is 0.355 e. The molecule has 0 radical (unpaired) electrons. The molecule has 21 heavy (non-hydrogen) atoms. The summed E-state index contributed by atoms with van der Waals surface area (Å²) < 4.78 is 2.20. The molecule has 0 aromatic carbocycles. The molecule has 5 nitrogen and oxygen atoms in total. The van der Waals surface area contributed by atoms with Crippen molar-refractivity contribution in [3.05, 3.63) is 18.2 Å². The van der Waals surface area contributed by atoms with Gasteiger partial charge in [0.05, 0.1) is 0 Å². The van der Waals surface area contributed by atoms with Gasteiger partial charge in [0.2, 0.25) is 5.91 Å². The molecule has 1 aliphatic carbocycles. The molecule has 5 heteroatoms. The molecule has 1 saturated heterocycles. The fourth-order valence-corrected chi connectivity index (χ4v) is 3.31. The molecule has 1 aliphatic heterocycles. The Morgan fingerprint density at radius 1 is 1.52 bits per heavy atom. The van der Waals surface area contributed by atoms with E-state index in [0.29, 0.717) is 12.5 Å². The van der Waals surface area contributed by atoms with Crippen LogP contribution < -0.4 is 5.32 Å². The minimum Gasteiger partial charge on any atom is -0.355 e. The Morgan fingerprint density at radius 3 is 2.90 bits per heavy atom. The molecule has 1 amide bonds. The fourth-order valence-electron chi connectivity index (χ4n) is 3.31. The van der Waals surface area contributed by atoms with Crippen molar-refractivity contribution in [1.82, 2.24) is 19.8 Å². The molecule has 1 aromatic heterocycles. The van der Waals surface area contributed by atoms with E-state index in [1.807, 2.05) is 19.3 Å². The van der Waals surface area contributed by atoms with Crippen molar-refractivity contribution in [2.75, 3.05) is 20.1 Å². The Morgan fingerprint density at radius 2 is 2.33 bits per heavy atom. The second-order valence-electron chi connectivity index (χ2n) is 6.86. The maximum Gasteiger partial charge on any atom is 0.221 e. The lowest BCUT2D eigenvalue weighted by Gasteiger charge is -2.21. The Hall–Kier alpha value is -1.36. The van der Waals surface area contributed by atoms with E-state index in [1.54, 1.807) is 0 Å². The number of amides is 1. The minimum atomic E-state index is 0.211. The first-order valence-electron chi connectivity index (χ1n) is 8.03. The molecule has 116 valence electrons. The Bertz CT molecular complexity index is 506. The Balaban J connectivity index is 1.46. The van der Waals surface area contributed by atoms with Crippen molar-refractivity contribution in [2.45, 2.75) is 51.6 Å². The molecular formula is C16H26N4O. The zero-order chi connectivity index (χ0) is 14.9. The first-order valence-corrected chi connectivity index (χ1v) is 8.03. The second kappa shape index (κ2) is 5.79. The maximum atomic E-state index is 12.1. The fraction of sp³-hybridized carbons (Fsp3) is 0.750. The van der Waals surface area contributed by atoms with Crippen LogP contribution in [0.4, 0.5) is 0 Å². The number of hydrogen-bond acceptors (Lipinski definition) is 3. The van der Waals surface area contributed by atoms with E-state index in [-0.39, 0.29) is 11.3 Å². The van der Waals surface area contributed by atoms with Gasteiger partial charge in [0.15, 0.2) is 0 Å². The van der Waals surface area contributed by atoms with Crippen molar-refractivity contribution in [3.63, 3.8) is 0 Å². The summed E-state index contributed by atoms with van der Waals surface area (Å²) >= 11 is 0. The second-order valence-corrected chi connectivity index (χ2v) is 6.86. The van der Waals surface area contributed by atoms with E-state index in [4.69, 9.17) is 0 Å². The van der Waals surface area contributed by atoms with Gasteiger partial charge in [-0.1, -0.05) is 0 Å². The number of aromatic nitrogens is 2. The quantitative estimate of drug-likeness (QED) is 0.865. The predicted molar refractivity (Wildman–Crippen MR) is 81.9 cm³/mol. The minimum absolute atomic E-state index is 0.211. The van der Waals surface area contributed by atoms with Gasteiger partial charge in [0.25, 0.3) is 0 Å². The zero-order valence-corrected chi connectivity index (χ0v) is 13.1. The molecule has 1 unspecified atom stereocenters. The third kappa shape index (κ3) is 3.46. The predicted octanol–water partition coefficient (Wildman–Crippen LogP) is 1.57. The number of nitrogens with one attached hydrogen (secondary N) is 1. The number of rotatable bonds is 6. The maximum absolute atomic E-state index is 12.1. The van der Waals surface area contributed by atoms with Gasteiger partial charge < -0.3 is 14.8 Å². The number of imidazole rings is 1. The third-order valence-electron chi connectivity index (χ3n) is 5.14. The summed E-state index contributed by atoms with van der Waals surface area (Å²) in [6.07, 6.45) is 9.31. The van der Waals surface area contributed by atoms with Crippen LogP contribution in [0.1, 0.15) is 37.9 Å². The first-order chi connectivity index (χ1) is 10.1. The summed E-state index contributed by atoms with van der Waals surface area (Å²) in [5.74, 6) is 1.27. The number of carbonyl (C=O) groups is 1. The lowest BCUT2D eigenvalue weighted by molar-refractivity contribution is -0.122. The van der Waals surface area contributed by atoms with E-state index < -0.39 is 0 Å². The van der Waals surface area contributed by atoms with Gasteiger partial charge in [-0.25, -0.2) is 4.98 Å². The molecule has 1 aromatic rings. The van der Waals surface area contributed by atoms with Gasteiger partial charge in [-0.2, -0.15) is 0 Å². The van der Waals surface area contributed by atoms with E-state index in [9.17, 15) is 4.79 Å². The molecule has 2 aliphatic rings. The van der Waals surface area contributed by atoms with E-state index >= 15 is 0 Å². The zero-order valence-electron chi connectivity index (χ0n) is 13.1. The van der Waals surface area contributed by atoms with Crippen molar-refractivity contribution >= 4 is 5.91 Å². The van der Waals surface area contributed by atoms with Crippen LogP contribution >= 0.6 is 0 Å². The summed E-state index contributed by atoms with van der Waals surface area (Å²) in [5, 5.41) is 3.17. The highest BCUT2D eigenvalue weighted by Crippen LogP contribution is 2.46. The lowest BCUT2D eigenvalue weighted by Crippen LogP contribution is -2.36. The number of carbonyl (C=O) groups excluding carboxylic acids is 1. The van der Waals surface area contributed by atoms with Crippen LogP contribution in [-0.4, -0.2) is 46.5 Å². The molecule has 0 spiro atoms. The summed E-state index contributed by atoms with van der Waals surface area (Å²) in [4.78, 5) is 18.7. The summed E-state index contributed by atoms with van der Waals surface area (Å²) in [7, 11) is 2.12. The van der Waals surface area contributed by atoms with Crippen molar-refractivity contribution in [3.8, 4) is 0 Å². The first kappa shape index (κ1) is 14.6. The summed E-state index contributed by atoms with van der Waals surface area (Å²) in [5.41, 5.74) is 0.267. The van der Waals surface area contributed by atoms with Crippen molar-refractivity contribution in [2.24, 2.45) is 5.41 Å². The molecule has 2 heterocycles. The van der Waals surface area contributed by atoms with Crippen LogP contribution in [0.25, 0.3) is 0 Å². The van der Waals surface area contributed by atoms with Gasteiger partial charge in [0, 0.05) is 43.4 Å². The van der Waals surface area contributed by atoms with Crippen molar-refractivity contribution < 1.29 is 4.79 Å². The van der Waals surface area contributed by atoms with Crippen LogP contribution in [-0.2, 0) is 11.3 Å². The molecular weight excluding hydrogens is 264 g/mol. The standard InChI is InChI=1S/C16H26N4O/c1-13-17-7-9-20(13)12-16(5-6-16)11-18-15(21)10-14-4-3-8-19(14)2/h7,9,14H,3-6,8,10-12H2,1-2H3,(H,18,21). The Labute approximate surface area is 126 Å². The highest BCUT2D eigenvalue weighted by molar-refractivity contribution is 5.76. The van der Waals surface area contributed by atoms with Gasteiger partial charge in [-0.3, -0.25) is 4.79 Å². The third-order valence-corrected chi connectivity index (χ3v) is 5.14. The smallest absolute Gasteiger partial charge is 0.221 e. The molecule has 2 fully saturated rings. The van der Waals surface area contributed by atoms with Crippen molar-refractivity contribution in [1.29, 1.82) is 0 Å². The van der Waals surface area contributed by atoms with Crippen LogP contribution in [0, 0.1) is 12.3 Å². The number of likely N-dealkylation sites (tertiary alicyclic amines) is 1. The van der Waals surface area contributed by atoms with Crippen LogP contribution in [0.15, 0.2) is 12.4 Å². The number of aryl methyl sites for hydroxylation is 1. The number of hydrogen-bond donors (Lipinski definition) is 1. The van der Waals surface area contributed by atoms with E-state index in [0.717, 1.165) is 31.9 Å². The molecule has 1 N–H and O–H groups in total. The monoisotopic (exact) mass is 290 g/mol. The lowest BCUT2D eigenvalue weighted by atomic mass is 10.1. The van der Waals surface area contributed by atoms with Crippen LogP contribution in [0.2, 0.25) is 0 Å². The van der Waals surface area contributed by atoms with Gasteiger partial charge >= 0.3 is 0 Å². The summed E-state index contributed by atoms with van der Waals surface area (Å²) in [6.45, 7) is 4.94. The van der Waals surface area contributed by atoms with E-state index in [2.05, 4.69) is 26.8 Å². The van der Waals surface area contributed by atoms with E-state index in [1.165, 1.54) is 19.3 Å². The number of nitrogens with zero attached hydrogens (tertiary/aromatic N) is 3. The molecule has 1 atom stereocenters. The van der Waals surface area contributed by atoms with Gasteiger partial charge in [0.1, 0.15) is 5.82 Å². The normalized spacial score (nSPS) is 24.2. The molecule has 0 bridgehead atoms. The topological polar surface area (TPSA) is 50.2 Å². The van der Waals surface area contributed by atoms with Crippen LogP contribution in [0.3, 0.4) is 0 Å². The SMILES string of the molecule is Cc1nccn1CC1(CNC(=O)CC2CCCN2C)CC1. The average molecular weight is 290 g/mol. The van der Waals surface area contributed by atoms with Crippen LogP contribution in [0.5, 0.6) is 0 Å². The highest BCUT2D eigenvalue weighted by Gasteiger charge is 2.43. The highest BCUT2D eigenvalue weighted by atomic mass is 16.1. The molecule has 3 rings (SSSR count). The van der Waals surface area contributed by atoms with Gasteiger partial charge in [-0.05, 0) is 46.2 Å². The Kier molecular flexibility index (Phi) is 4.02. The average Bonchev–Trinajstić information content (AvgIpc) is 2.94. The summed E-state index contributed by atoms with van der Waals surface area (Å²) in [6, 6.07) is 0.441.